The van der Waals surface area contributed by atoms with E-state index in [-0.39, 0.29) is 11.6 Å². The third-order valence-corrected chi connectivity index (χ3v) is 3.92. The number of carbonyl (C=O) groups excluding carboxylic acids is 1. The lowest BCUT2D eigenvalue weighted by Gasteiger charge is -2.14. The molecule has 0 aromatic heterocycles. The normalized spacial score (nSPS) is 10.7. The van der Waals surface area contributed by atoms with Gasteiger partial charge in [0.25, 0.3) is 0 Å². The van der Waals surface area contributed by atoms with Crippen LogP contribution < -0.4 is 0 Å². The lowest BCUT2D eigenvalue weighted by molar-refractivity contribution is 0.0991. The van der Waals surface area contributed by atoms with Crippen LogP contribution in [0.2, 0.25) is 0 Å². The Hall–Kier alpha value is -1.96. The zero-order chi connectivity index (χ0) is 14.9. The molecule has 0 spiro atoms. The van der Waals surface area contributed by atoms with E-state index in [0.29, 0.717) is 6.42 Å². The minimum Gasteiger partial charge on any atom is -0.294 e. The third kappa shape index (κ3) is 2.79. The maximum atomic E-state index is 12.9. The summed E-state index contributed by atoms with van der Waals surface area (Å²) in [4.78, 5) is 12.6. The molecule has 0 N–H and O–H groups in total. The van der Waals surface area contributed by atoms with Crippen molar-refractivity contribution in [3.8, 4) is 0 Å². The molecule has 0 saturated heterocycles. The van der Waals surface area contributed by atoms with Gasteiger partial charge in [0.2, 0.25) is 0 Å². The number of aryl methyl sites for hydroxylation is 2. The van der Waals surface area contributed by atoms with Crippen molar-refractivity contribution >= 4 is 5.78 Å². The van der Waals surface area contributed by atoms with Gasteiger partial charge in [-0.25, -0.2) is 4.39 Å². The Morgan fingerprint density at radius 1 is 0.950 bits per heavy atom. The van der Waals surface area contributed by atoms with Crippen molar-refractivity contribution in [1.29, 1.82) is 0 Å². The summed E-state index contributed by atoms with van der Waals surface area (Å²) in [5, 5.41) is 0. The highest BCUT2D eigenvalue weighted by Gasteiger charge is 2.16. The molecule has 2 heteroatoms. The Labute approximate surface area is 119 Å². The number of Topliss-reactive ketones (excluding diaryl/α,β-unsaturated/α-hetero) is 1. The molecule has 0 aliphatic heterocycles. The molecule has 2 aromatic rings. The Kier molecular flexibility index (Phi) is 4.03. The summed E-state index contributed by atoms with van der Waals surface area (Å²) in [6.07, 6.45) is 0.310. The summed E-state index contributed by atoms with van der Waals surface area (Å²) in [7, 11) is 0. The predicted octanol–water partition coefficient (Wildman–Crippen LogP) is 4.48. The monoisotopic (exact) mass is 270 g/mol. The van der Waals surface area contributed by atoms with Crippen molar-refractivity contribution in [2.75, 3.05) is 0 Å². The molecule has 0 aliphatic rings. The van der Waals surface area contributed by atoms with Gasteiger partial charge in [0.05, 0.1) is 0 Å². The van der Waals surface area contributed by atoms with Crippen molar-refractivity contribution in [3.63, 3.8) is 0 Å². The van der Waals surface area contributed by atoms with Gasteiger partial charge in [0, 0.05) is 12.0 Å². The molecule has 0 aliphatic carbocycles. The summed E-state index contributed by atoms with van der Waals surface area (Å²) < 4.78 is 12.9. The molecule has 0 radical (unpaired) electrons. The molecule has 0 bridgehead atoms. The molecule has 2 rings (SSSR count). The number of rotatable bonds is 3. The van der Waals surface area contributed by atoms with Crippen LogP contribution in [-0.4, -0.2) is 5.78 Å². The Balaban J connectivity index is 2.37. The average molecular weight is 270 g/mol. The quantitative estimate of drug-likeness (QED) is 0.751. The molecule has 104 valence electrons. The Morgan fingerprint density at radius 2 is 1.45 bits per heavy atom. The molecule has 0 amide bonds. The topological polar surface area (TPSA) is 17.1 Å². The van der Waals surface area contributed by atoms with Crippen LogP contribution in [0, 0.1) is 33.5 Å². The maximum Gasteiger partial charge on any atom is 0.167 e. The van der Waals surface area contributed by atoms with E-state index >= 15 is 0 Å². The largest absolute Gasteiger partial charge is 0.294 e. The molecular formula is C18H19FO. The van der Waals surface area contributed by atoms with Crippen molar-refractivity contribution in [1.82, 2.24) is 0 Å². The summed E-state index contributed by atoms with van der Waals surface area (Å²) in [5.74, 6) is -0.182. The van der Waals surface area contributed by atoms with Crippen LogP contribution in [-0.2, 0) is 6.42 Å². The molecule has 0 saturated carbocycles. The number of benzene rings is 2. The number of ketones is 1. The lowest BCUT2D eigenvalue weighted by Crippen LogP contribution is -2.10. The van der Waals surface area contributed by atoms with E-state index in [1.807, 2.05) is 27.7 Å². The number of hydrogen-bond donors (Lipinski definition) is 0. The lowest BCUT2D eigenvalue weighted by atomic mass is 9.89. The summed E-state index contributed by atoms with van der Waals surface area (Å²) in [6, 6.07) is 8.23. The SMILES string of the molecule is Cc1cc(C)c(C)c(C(=O)Cc2ccc(F)cc2)c1C. The number of halogens is 1. The van der Waals surface area contributed by atoms with Crippen molar-refractivity contribution in [3.05, 3.63) is 69.5 Å². The Morgan fingerprint density at radius 3 is 1.95 bits per heavy atom. The first-order valence-electron chi connectivity index (χ1n) is 6.75. The van der Waals surface area contributed by atoms with Crippen LogP contribution >= 0.6 is 0 Å². The fraction of sp³-hybridized carbons (Fsp3) is 0.278. The van der Waals surface area contributed by atoms with E-state index in [0.717, 1.165) is 33.4 Å². The fourth-order valence-corrected chi connectivity index (χ4v) is 2.51. The van der Waals surface area contributed by atoms with Crippen molar-refractivity contribution < 1.29 is 9.18 Å². The van der Waals surface area contributed by atoms with Crippen LogP contribution in [0.3, 0.4) is 0 Å². The summed E-state index contributed by atoms with van der Waals surface area (Å²) in [5.41, 5.74) is 6.01. The second-order valence-corrected chi connectivity index (χ2v) is 5.36. The van der Waals surface area contributed by atoms with Crippen LogP contribution in [0.1, 0.15) is 38.2 Å². The average Bonchev–Trinajstić information content (AvgIpc) is 2.39. The van der Waals surface area contributed by atoms with Gasteiger partial charge in [-0.2, -0.15) is 0 Å². The smallest absolute Gasteiger partial charge is 0.167 e. The maximum absolute atomic E-state index is 12.9. The van der Waals surface area contributed by atoms with Gasteiger partial charge in [0.1, 0.15) is 5.82 Å². The molecule has 1 nitrogen and oxygen atoms in total. The molecule has 20 heavy (non-hydrogen) atoms. The summed E-state index contributed by atoms with van der Waals surface area (Å²) >= 11 is 0. The van der Waals surface area contributed by atoms with E-state index in [1.54, 1.807) is 12.1 Å². The van der Waals surface area contributed by atoms with E-state index in [1.165, 1.54) is 12.1 Å². The van der Waals surface area contributed by atoms with Crippen molar-refractivity contribution in [2.45, 2.75) is 34.1 Å². The highest BCUT2D eigenvalue weighted by molar-refractivity contribution is 6.00. The van der Waals surface area contributed by atoms with Gasteiger partial charge >= 0.3 is 0 Å². The third-order valence-electron chi connectivity index (χ3n) is 3.92. The minimum absolute atomic E-state index is 0.0957. The number of hydrogen-bond acceptors (Lipinski definition) is 1. The standard InChI is InChI=1S/C18H19FO/c1-11-9-12(2)14(4)18(13(11)3)17(20)10-15-5-7-16(19)8-6-15/h5-9H,10H2,1-4H3. The number of carbonyl (C=O) groups is 1. The minimum atomic E-state index is -0.278. The van der Waals surface area contributed by atoms with Gasteiger partial charge < -0.3 is 0 Å². The van der Waals surface area contributed by atoms with Gasteiger partial charge in [-0.3, -0.25) is 4.79 Å². The Bertz CT molecular complexity index is 628. The summed E-state index contributed by atoms with van der Waals surface area (Å²) in [6.45, 7) is 8.02. The van der Waals surface area contributed by atoms with Gasteiger partial charge in [-0.1, -0.05) is 18.2 Å². The highest BCUT2D eigenvalue weighted by Crippen LogP contribution is 2.23. The van der Waals surface area contributed by atoms with Crippen LogP contribution in [0.5, 0.6) is 0 Å². The fourth-order valence-electron chi connectivity index (χ4n) is 2.51. The van der Waals surface area contributed by atoms with Crippen LogP contribution in [0.4, 0.5) is 4.39 Å². The zero-order valence-electron chi connectivity index (χ0n) is 12.4. The van der Waals surface area contributed by atoms with E-state index in [4.69, 9.17) is 0 Å². The van der Waals surface area contributed by atoms with Gasteiger partial charge in [0.15, 0.2) is 5.78 Å². The molecule has 0 heterocycles. The predicted molar refractivity (Wildman–Crippen MR) is 79.8 cm³/mol. The molecule has 0 atom stereocenters. The second-order valence-electron chi connectivity index (χ2n) is 5.36. The van der Waals surface area contributed by atoms with E-state index < -0.39 is 0 Å². The van der Waals surface area contributed by atoms with Crippen molar-refractivity contribution in [2.24, 2.45) is 0 Å². The first kappa shape index (κ1) is 14.4. The highest BCUT2D eigenvalue weighted by atomic mass is 19.1. The van der Waals surface area contributed by atoms with Gasteiger partial charge in [-0.15, -0.1) is 0 Å². The molecule has 0 unspecified atom stereocenters. The molecule has 2 aromatic carbocycles. The second kappa shape index (κ2) is 5.58. The molecule has 0 fully saturated rings. The van der Waals surface area contributed by atoms with E-state index in [9.17, 15) is 9.18 Å². The van der Waals surface area contributed by atoms with Crippen LogP contribution in [0.25, 0.3) is 0 Å². The first-order chi connectivity index (χ1) is 9.40. The van der Waals surface area contributed by atoms with E-state index in [2.05, 4.69) is 6.07 Å². The van der Waals surface area contributed by atoms with Gasteiger partial charge in [-0.05, 0) is 67.6 Å². The molecular weight excluding hydrogens is 251 g/mol. The zero-order valence-corrected chi connectivity index (χ0v) is 12.4. The first-order valence-corrected chi connectivity index (χ1v) is 6.75. The van der Waals surface area contributed by atoms with Crippen LogP contribution in [0.15, 0.2) is 30.3 Å².